The van der Waals surface area contributed by atoms with Crippen molar-refractivity contribution in [2.24, 2.45) is 17.8 Å². The molecule has 0 amide bonds. The van der Waals surface area contributed by atoms with Crippen LogP contribution in [0, 0.1) is 17.8 Å². The summed E-state index contributed by atoms with van der Waals surface area (Å²) < 4.78 is 40.1. The largest absolute Gasteiger partial charge is 0.486 e. The molecular formula is C18H23NO4S. The number of sulfonamides is 1. The summed E-state index contributed by atoms with van der Waals surface area (Å²) in [7, 11) is -3.54. The van der Waals surface area contributed by atoms with Gasteiger partial charge in [0.05, 0.1) is 4.90 Å². The van der Waals surface area contributed by atoms with Gasteiger partial charge in [-0.15, -0.1) is 0 Å². The normalized spacial score (nSPS) is 36.8. The maximum absolute atomic E-state index is 13.0. The zero-order valence-corrected chi connectivity index (χ0v) is 14.5. The van der Waals surface area contributed by atoms with Gasteiger partial charge in [0.2, 0.25) is 10.0 Å². The predicted octanol–water partition coefficient (Wildman–Crippen LogP) is 2.70. The van der Waals surface area contributed by atoms with E-state index in [9.17, 15) is 8.42 Å². The fraction of sp³-hybridized carbons (Fsp3) is 0.667. The van der Waals surface area contributed by atoms with Gasteiger partial charge in [-0.2, -0.15) is 0 Å². The highest BCUT2D eigenvalue weighted by Crippen LogP contribution is 2.56. The van der Waals surface area contributed by atoms with Crippen molar-refractivity contribution in [3.05, 3.63) is 18.2 Å². The van der Waals surface area contributed by atoms with E-state index in [4.69, 9.17) is 9.47 Å². The molecule has 4 bridgehead atoms. The molecule has 6 heteroatoms. The van der Waals surface area contributed by atoms with Crippen LogP contribution in [-0.4, -0.2) is 27.2 Å². The molecule has 0 aromatic heterocycles. The molecule has 1 aliphatic heterocycles. The van der Waals surface area contributed by atoms with Crippen LogP contribution < -0.4 is 14.2 Å². The third-order valence-corrected chi connectivity index (χ3v) is 7.79. The van der Waals surface area contributed by atoms with Crippen molar-refractivity contribution in [3.63, 3.8) is 0 Å². The van der Waals surface area contributed by atoms with E-state index in [2.05, 4.69) is 4.72 Å². The monoisotopic (exact) mass is 349 g/mol. The van der Waals surface area contributed by atoms with Crippen molar-refractivity contribution in [1.82, 2.24) is 4.72 Å². The molecule has 0 unspecified atom stereocenters. The Hall–Kier alpha value is -1.27. The molecule has 5 aliphatic rings. The summed E-state index contributed by atoms with van der Waals surface area (Å²) in [5.74, 6) is 3.27. The Labute approximate surface area is 142 Å². The Bertz CT molecular complexity index is 738. The predicted molar refractivity (Wildman–Crippen MR) is 88.7 cm³/mol. The standard InChI is InChI=1S/C18H23NO4S/c20-24(21,15-1-2-16-17(8-15)23-4-3-22-16)19-18-9-12-5-13(10-18)7-14(6-12)11-18/h1-2,8,12-14,19H,3-7,9-11H2. The lowest BCUT2D eigenvalue weighted by molar-refractivity contribution is -0.00810. The number of hydrogen-bond acceptors (Lipinski definition) is 4. The fourth-order valence-corrected chi connectivity index (χ4v) is 7.22. The Morgan fingerprint density at radius 2 is 1.50 bits per heavy atom. The third-order valence-electron chi connectivity index (χ3n) is 6.21. The van der Waals surface area contributed by atoms with Crippen LogP contribution in [0.1, 0.15) is 38.5 Å². The number of hydrogen-bond donors (Lipinski definition) is 1. The summed E-state index contributed by atoms with van der Waals surface area (Å²) in [6.07, 6.45) is 6.90. The van der Waals surface area contributed by atoms with Gasteiger partial charge in [0.1, 0.15) is 13.2 Å². The summed E-state index contributed by atoms with van der Waals surface area (Å²) in [6.45, 7) is 0.962. The maximum Gasteiger partial charge on any atom is 0.241 e. The summed E-state index contributed by atoms with van der Waals surface area (Å²) in [6, 6.07) is 4.91. The van der Waals surface area contributed by atoms with Gasteiger partial charge >= 0.3 is 0 Å². The van der Waals surface area contributed by atoms with Crippen molar-refractivity contribution in [2.75, 3.05) is 13.2 Å². The first-order valence-corrected chi connectivity index (χ1v) is 10.4. The fourth-order valence-electron chi connectivity index (χ4n) is 5.77. The second-order valence-electron chi connectivity index (χ2n) is 8.11. The average Bonchev–Trinajstić information content (AvgIpc) is 2.52. The third kappa shape index (κ3) is 2.42. The molecule has 0 saturated heterocycles. The first-order valence-electron chi connectivity index (χ1n) is 8.95. The van der Waals surface area contributed by atoms with E-state index in [1.165, 1.54) is 19.3 Å². The van der Waals surface area contributed by atoms with Gasteiger partial charge < -0.3 is 9.47 Å². The Morgan fingerprint density at radius 3 is 2.12 bits per heavy atom. The minimum atomic E-state index is -3.54. The molecule has 1 aromatic carbocycles. The SMILES string of the molecule is O=S(=O)(NC12CC3CC(CC(C3)C1)C2)c1ccc2c(c1)OCCO2. The molecule has 130 valence electrons. The lowest BCUT2D eigenvalue weighted by atomic mass is 9.53. The number of rotatable bonds is 3. The smallest absolute Gasteiger partial charge is 0.241 e. The Balaban J connectivity index is 1.44. The van der Waals surface area contributed by atoms with Crippen molar-refractivity contribution in [3.8, 4) is 11.5 Å². The quantitative estimate of drug-likeness (QED) is 0.911. The summed E-state index contributed by atoms with van der Waals surface area (Å²) in [5, 5.41) is 0. The molecule has 0 spiro atoms. The second-order valence-corrected chi connectivity index (χ2v) is 9.79. The maximum atomic E-state index is 13.0. The lowest BCUT2D eigenvalue weighted by Crippen LogP contribution is -2.59. The van der Waals surface area contributed by atoms with Crippen LogP contribution in [0.2, 0.25) is 0 Å². The molecule has 6 rings (SSSR count). The van der Waals surface area contributed by atoms with Gasteiger partial charge in [0.25, 0.3) is 0 Å². The van der Waals surface area contributed by atoms with Crippen LogP contribution >= 0.6 is 0 Å². The van der Waals surface area contributed by atoms with E-state index in [0.29, 0.717) is 42.5 Å². The molecule has 0 atom stereocenters. The highest BCUT2D eigenvalue weighted by atomic mass is 32.2. The summed E-state index contributed by atoms with van der Waals surface area (Å²) in [4.78, 5) is 0.280. The van der Waals surface area contributed by atoms with Gasteiger partial charge in [-0.1, -0.05) is 0 Å². The van der Waals surface area contributed by atoms with Crippen LogP contribution in [0.15, 0.2) is 23.1 Å². The van der Waals surface area contributed by atoms with Gasteiger partial charge in [-0.25, -0.2) is 13.1 Å². The minimum Gasteiger partial charge on any atom is -0.486 e. The number of ether oxygens (including phenoxy) is 2. The van der Waals surface area contributed by atoms with E-state index in [1.54, 1.807) is 18.2 Å². The van der Waals surface area contributed by atoms with Gasteiger partial charge in [-0.3, -0.25) is 0 Å². The van der Waals surface area contributed by atoms with Crippen LogP contribution in [0.25, 0.3) is 0 Å². The van der Waals surface area contributed by atoms with Gasteiger partial charge in [-0.05, 0) is 68.4 Å². The van der Waals surface area contributed by atoms with Crippen LogP contribution in [-0.2, 0) is 10.0 Å². The summed E-state index contributed by atoms with van der Waals surface area (Å²) >= 11 is 0. The van der Waals surface area contributed by atoms with Crippen molar-refractivity contribution >= 4 is 10.0 Å². The van der Waals surface area contributed by atoms with Gasteiger partial charge in [0.15, 0.2) is 11.5 Å². The van der Waals surface area contributed by atoms with E-state index in [-0.39, 0.29) is 10.4 Å². The van der Waals surface area contributed by atoms with Crippen molar-refractivity contribution in [1.29, 1.82) is 0 Å². The molecule has 1 N–H and O–H groups in total. The molecule has 1 aromatic rings. The van der Waals surface area contributed by atoms with Gasteiger partial charge in [0, 0.05) is 11.6 Å². The molecule has 0 radical (unpaired) electrons. The molecule has 4 saturated carbocycles. The number of fused-ring (bicyclic) bond motifs is 1. The molecule has 1 heterocycles. The number of nitrogens with one attached hydrogen (secondary N) is 1. The van der Waals surface area contributed by atoms with E-state index in [1.807, 2.05) is 0 Å². The Kier molecular flexibility index (Phi) is 3.20. The summed E-state index contributed by atoms with van der Waals surface area (Å²) in [5.41, 5.74) is -0.221. The molecule has 24 heavy (non-hydrogen) atoms. The molecule has 4 aliphatic carbocycles. The van der Waals surface area contributed by atoms with E-state index in [0.717, 1.165) is 19.3 Å². The van der Waals surface area contributed by atoms with E-state index < -0.39 is 10.0 Å². The first kappa shape index (κ1) is 15.0. The van der Waals surface area contributed by atoms with Crippen LogP contribution in [0.3, 0.4) is 0 Å². The van der Waals surface area contributed by atoms with Crippen molar-refractivity contribution < 1.29 is 17.9 Å². The zero-order valence-electron chi connectivity index (χ0n) is 13.7. The molecular weight excluding hydrogens is 326 g/mol. The Morgan fingerprint density at radius 1 is 0.917 bits per heavy atom. The highest BCUT2D eigenvalue weighted by Gasteiger charge is 2.52. The average molecular weight is 349 g/mol. The van der Waals surface area contributed by atoms with Crippen LogP contribution in [0.5, 0.6) is 11.5 Å². The van der Waals surface area contributed by atoms with Crippen LogP contribution in [0.4, 0.5) is 0 Å². The highest BCUT2D eigenvalue weighted by molar-refractivity contribution is 7.89. The number of benzene rings is 1. The molecule has 5 nitrogen and oxygen atoms in total. The van der Waals surface area contributed by atoms with E-state index >= 15 is 0 Å². The topological polar surface area (TPSA) is 64.6 Å². The van der Waals surface area contributed by atoms with Crippen molar-refractivity contribution in [2.45, 2.75) is 49.0 Å². The lowest BCUT2D eigenvalue weighted by Gasteiger charge is -2.56. The molecule has 4 fully saturated rings. The zero-order chi connectivity index (χ0) is 16.4. The second kappa shape index (κ2) is 5.11. The minimum absolute atomic E-state index is 0.221. The first-order chi connectivity index (χ1) is 11.5.